The standard InChI is InChI=1S/C10H8Cl2INO4/c11-4-1-5(8(13)6(12)2-4)9(16)14-7(3-15)10(17)18/h1-2,7,15H,3H2,(H,14,16)(H,17,18)/t7-/m0/s1. The third-order valence-electron chi connectivity index (χ3n) is 2.02. The van der Waals surface area contributed by atoms with Gasteiger partial charge in [0.1, 0.15) is 0 Å². The van der Waals surface area contributed by atoms with Crippen LogP contribution in [0.15, 0.2) is 12.1 Å². The van der Waals surface area contributed by atoms with Crippen molar-refractivity contribution < 1.29 is 19.8 Å². The van der Waals surface area contributed by atoms with Crippen molar-refractivity contribution in [1.29, 1.82) is 0 Å². The Morgan fingerprint density at radius 3 is 2.50 bits per heavy atom. The zero-order chi connectivity index (χ0) is 13.9. The summed E-state index contributed by atoms with van der Waals surface area (Å²) in [5.41, 5.74) is 0.160. The SMILES string of the molecule is O=C(N[C@@H](CO)C(=O)O)c1cc(Cl)cc(Cl)c1I. The molecule has 0 fully saturated rings. The van der Waals surface area contributed by atoms with Crippen LogP contribution in [0.5, 0.6) is 0 Å². The molecule has 0 aliphatic rings. The number of hydrogen-bond donors (Lipinski definition) is 3. The van der Waals surface area contributed by atoms with E-state index in [1.165, 1.54) is 12.1 Å². The second-order valence-corrected chi connectivity index (χ2v) is 5.22. The van der Waals surface area contributed by atoms with Gasteiger partial charge in [-0.15, -0.1) is 0 Å². The van der Waals surface area contributed by atoms with Crippen LogP contribution in [-0.2, 0) is 4.79 Å². The van der Waals surface area contributed by atoms with Gasteiger partial charge in [0.25, 0.3) is 5.91 Å². The lowest BCUT2D eigenvalue weighted by Crippen LogP contribution is -2.43. The van der Waals surface area contributed by atoms with Crippen LogP contribution in [0.1, 0.15) is 10.4 Å². The summed E-state index contributed by atoms with van der Waals surface area (Å²) < 4.78 is 0.457. The van der Waals surface area contributed by atoms with E-state index in [0.29, 0.717) is 8.59 Å². The minimum atomic E-state index is -1.37. The maximum Gasteiger partial charge on any atom is 0.328 e. The first-order chi connectivity index (χ1) is 8.36. The summed E-state index contributed by atoms with van der Waals surface area (Å²) in [6, 6.07) is 1.48. The monoisotopic (exact) mass is 403 g/mol. The molecule has 1 amide bonds. The number of rotatable bonds is 4. The van der Waals surface area contributed by atoms with Crippen molar-refractivity contribution in [1.82, 2.24) is 5.32 Å². The number of carboxylic acids is 1. The van der Waals surface area contributed by atoms with Crippen molar-refractivity contribution in [3.8, 4) is 0 Å². The molecule has 0 aliphatic carbocycles. The van der Waals surface area contributed by atoms with E-state index in [1.807, 2.05) is 22.6 Å². The minimum absolute atomic E-state index is 0.160. The number of aliphatic hydroxyl groups excluding tert-OH is 1. The fourth-order valence-corrected chi connectivity index (χ4v) is 2.19. The molecule has 1 aromatic rings. The van der Waals surface area contributed by atoms with Crippen LogP contribution < -0.4 is 5.32 Å². The van der Waals surface area contributed by atoms with Crippen LogP contribution in [0.2, 0.25) is 10.0 Å². The fraction of sp³-hybridized carbons (Fsp3) is 0.200. The lowest BCUT2D eigenvalue weighted by atomic mass is 10.2. The van der Waals surface area contributed by atoms with Crippen molar-refractivity contribution in [3.63, 3.8) is 0 Å². The quantitative estimate of drug-likeness (QED) is 0.528. The Morgan fingerprint density at radius 1 is 1.39 bits per heavy atom. The molecule has 98 valence electrons. The lowest BCUT2D eigenvalue weighted by Gasteiger charge is -2.13. The van der Waals surface area contributed by atoms with Crippen LogP contribution in [0, 0.1) is 3.57 Å². The van der Waals surface area contributed by atoms with Gasteiger partial charge < -0.3 is 15.5 Å². The van der Waals surface area contributed by atoms with Crippen LogP contribution in [0.3, 0.4) is 0 Å². The number of aliphatic hydroxyl groups is 1. The molecule has 5 nitrogen and oxygen atoms in total. The maximum atomic E-state index is 11.8. The number of aliphatic carboxylic acids is 1. The average molecular weight is 404 g/mol. The van der Waals surface area contributed by atoms with Gasteiger partial charge in [-0.3, -0.25) is 4.79 Å². The number of carboxylic acid groups (broad SMARTS) is 1. The number of benzene rings is 1. The first-order valence-electron chi connectivity index (χ1n) is 4.66. The highest BCUT2D eigenvalue weighted by Crippen LogP contribution is 2.26. The van der Waals surface area contributed by atoms with Gasteiger partial charge in [0, 0.05) is 8.59 Å². The molecule has 0 radical (unpaired) electrons. The van der Waals surface area contributed by atoms with Crippen LogP contribution in [0.4, 0.5) is 0 Å². The molecule has 18 heavy (non-hydrogen) atoms. The third kappa shape index (κ3) is 3.71. The highest BCUT2D eigenvalue weighted by atomic mass is 127. The molecule has 0 aromatic heterocycles. The Balaban J connectivity index is 3.01. The van der Waals surface area contributed by atoms with Crippen molar-refractivity contribution in [2.45, 2.75) is 6.04 Å². The summed E-state index contributed by atoms with van der Waals surface area (Å²) >= 11 is 13.5. The smallest absolute Gasteiger partial charge is 0.328 e. The van der Waals surface area contributed by atoms with Gasteiger partial charge in [-0.25, -0.2) is 4.79 Å². The summed E-state index contributed by atoms with van der Waals surface area (Å²) in [5.74, 6) is -1.99. The summed E-state index contributed by atoms with van der Waals surface area (Å²) in [6.07, 6.45) is 0. The molecule has 1 atom stereocenters. The molecule has 0 saturated carbocycles. The molecule has 0 bridgehead atoms. The average Bonchev–Trinajstić information content (AvgIpc) is 2.29. The van der Waals surface area contributed by atoms with E-state index >= 15 is 0 Å². The minimum Gasteiger partial charge on any atom is -0.480 e. The summed E-state index contributed by atoms with van der Waals surface area (Å²) in [7, 11) is 0. The van der Waals surface area contributed by atoms with E-state index < -0.39 is 24.5 Å². The Bertz CT molecular complexity index is 495. The summed E-state index contributed by atoms with van der Waals surface area (Å²) in [6.45, 7) is -0.702. The van der Waals surface area contributed by atoms with Gasteiger partial charge in [-0.1, -0.05) is 23.2 Å². The van der Waals surface area contributed by atoms with Gasteiger partial charge in [-0.05, 0) is 34.7 Å². The lowest BCUT2D eigenvalue weighted by molar-refractivity contribution is -0.140. The van der Waals surface area contributed by atoms with Crippen LogP contribution >= 0.6 is 45.8 Å². The van der Waals surface area contributed by atoms with Gasteiger partial charge in [0.05, 0.1) is 17.2 Å². The molecule has 0 spiro atoms. The fourth-order valence-electron chi connectivity index (χ4n) is 1.14. The van der Waals surface area contributed by atoms with E-state index in [1.54, 1.807) is 0 Å². The number of carbonyl (C=O) groups excluding carboxylic acids is 1. The van der Waals surface area contributed by atoms with Crippen molar-refractivity contribution in [2.75, 3.05) is 6.61 Å². The second-order valence-electron chi connectivity index (χ2n) is 3.30. The topological polar surface area (TPSA) is 86.6 Å². The molecule has 0 heterocycles. The van der Waals surface area contributed by atoms with Crippen molar-refractivity contribution in [2.24, 2.45) is 0 Å². The molecule has 8 heteroatoms. The highest BCUT2D eigenvalue weighted by molar-refractivity contribution is 14.1. The number of amides is 1. The van der Waals surface area contributed by atoms with Gasteiger partial charge in [0.2, 0.25) is 0 Å². The van der Waals surface area contributed by atoms with Crippen molar-refractivity contribution in [3.05, 3.63) is 31.3 Å². The van der Waals surface area contributed by atoms with Crippen molar-refractivity contribution >= 4 is 57.7 Å². The molecular weight excluding hydrogens is 396 g/mol. The molecule has 1 rings (SSSR count). The predicted octanol–water partition coefficient (Wildman–Crippen LogP) is 1.77. The largest absolute Gasteiger partial charge is 0.480 e. The van der Waals surface area contributed by atoms with Gasteiger partial charge in [-0.2, -0.15) is 0 Å². The molecule has 1 aromatic carbocycles. The zero-order valence-corrected chi connectivity index (χ0v) is 12.5. The molecular formula is C10H8Cl2INO4. The Kier molecular flexibility index (Phi) is 5.64. The molecule has 0 aliphatic heterocycles. The molecule has 3 N–H and O–H groups in total. The van der Waals surface area contributed by atoms with E-state index in [0.717, 1.165) is 0 Å². The Hall–Kier alpha value is -0.570. The third-order valence-corrected chi connectivity index (χ3v) is 4.02. The Labute approximate surface area is 126 Å². The summed E-state index contributed by atoms with van der Waals surface area (Å²) in [5, 5.41) is 20.3. The maximum absolute atomic E-state index is 11.8. The predicted molar refractivity (Wildman–Crippen MR) is 75.2 cm³/mol. The Morgan fingerprint density at radius 2 is 2.00 bits per heavy atom. The molecule has 0 unspecified atom stereocenters. The van der Waals surface area contributed by atoms with Gasteiger partial charge >= 0.3 is 5.97 Å². The van der Waals surface area contributed by atoms with E-state index in [4.69, 9.17) is 33.4 Å². The van der Waals surface area contributed by atoms with Gasteiger partial charge in [0.15, 0.2) is 6.04 Å². The zero-order valence-electron chi connectivity index (χ0n) is 8.78. The number of nitrogens with one attached hydrogen (secondary N) is 1. The summed E-state index contributed by atoms with van der Waals surface area (Å²) in [4.78, 5) is 22.5. The van der Waals surface area contributed by atoms with Crippen LogP contribution in [0.25, 0.3) is 0 Å². The number of halogens is 3. The highest BCUT2D eigenvalue weighted by Gasteiger charge is 2.21. The van der Waals surface area contributed by atoms with Crippen LogP contribution in [-0.4, -0.2) is 34.7 Å². The number of hydrogen-bond acceptors (Lipinski definition) is 3. The first-order valence-corrected chi connectivity index (χ1v) is 6.49. The van der Waals surface area contributed by atoms with E-state index in [9.17, 15) is 9.59 Å². The normalized spacial score (nSPS) is 12.0. The second kappa shape index (κ2) is 6.55. The van der Waals surface area contributed by atoms with E-state index in [2.05, 4.69) is 5.32 Å². The first kappa shape index (κ1) is 15.5. The van der Waals surface area contributed by atoms with E-state index in [-0.39, 0.29) is 10.6 Å². The number of carbonyl (C=O) groups is 2. The molecule has 0 saturated heterocycles.